The number of rotatable bonds is 6. The van der Waals surface area contributed by atoms with Gasteiger partial charge in [-0.1, -0.05) is 0 Å². The molecule has 2 unspecified atom stereocenters. The molecule has 7 N–H and O–H groups in total. The number of aliphatic hydroxyl groups excluding tert-OH is 2. The Labute approximate surface area is 108 Å². The highest BCUT2D eigenvalue weighted by Crippen LogP contribution is 2.17. The molecule has 6 nitrogen and oxygen atoms in total. The van der Waals surface area contributed by atoms with Gasteiger partial charge >= 0.3 is 0 Å². The highest BCUT2D eigenvalue weighted by molar-refractivity contribution is 5.24. The Hall–Kier alpha value is -0.660. The second kappa shape index (κ2) is 7.06. The maximum Gasteiger partial charge on any atom is 0.127 e. The Bertz CT molecular complexity index is 272. The van der Waals surface area contributed by atoms with Gasteiger partial charge in [-0.15, -0.1) is 0 Å². The third kappa shape index (κ3) is 3.93. The van der Waals surface area contributed by atoms with Gasteiger partial charge in [0.15, 0.2) is 0 Å². The van der Waals surface area contributed by atoms with Crippen molar-refractivity contribution in [1.29, 1.82) is 0 Å². The molecule has 1 aliphatic heterocycles. The third-order valence-electron chi connectivity index (χ3n) is 3.23. The van der Waals surface area contributed by atoms with Crippen LogP contribution in [0.1, 0.15) is 26.2 Å². The maximum absolute atomic E-state index is 9.30. The smallest absolute Gasteiger partial charge is 0.127 e. The van der Waals surface area contributed by atoms with Gasteiger partial charge in [0.05, 0.1) is 18.8 Å². The van der Waals surface area contributed by atoms with Crippen molar-refractivity contribution in [3.05, 3.63) is 11.8 Å². The molecule has 0 amide bonds. The van der Waals surface area contributed by atoms with Crippen molar-refractivity contribution < 1.29 is 14.9 Å². The molecular formula is C12H25N3O3. The lowest BCUT2D eigenvalue weighted by Crippen LogP contribution is -2.53. The van der Waals surface area contributed by atoms with Crippen molar-refractivity contribution in [1.82, 2.24) is 5.32 Å². The van der Waals surface area contributed by atoms with E-state index >= 15 is 0 Å². The molecule has 1 saturated heterocycles. The molecule has 18 heavy (non-hydrogen) atoms. The molecule has 1 heterocycles. The lowest BCUT2D eigenvalue weighted by Gasteiger charge is -2.31. The zero-order valence-corrected chi connectivity index (χ0v) is 10.9. The molecule has 0 aromatic carbocycles. The minimum atomic E-state index is -1.20. The van der Waals surface area contributed by atoms with Crippen LogP contribution in [-0.4, -0.2) is 47.8 Å². The summed E-state index contributed by atoms with van der Waals surface area (Å²) in [5.41, 5.74) is 11.2. The van der Waals surface area contributed by atoms with Crippen LogP contribution in [0.5, 0.6) is 0 Å². The molecule has 0 spiro atoms. The van der Waals surface area contributed by atoms with E-state index in [4.69, 9.17) is 16.2 Å². The average molecular weight is 259 g/mol. The van der Waals surface area contributed by atoms with Gasteiger partial charge in [-0.25, -0.2) is 0 Å². The molecule has 106 valence electrons. The first-order chi connectivity index (χ1) is 8.53. The number of nitrogens with one attached hydrogen (secondary N) is 1. The standard InChI is InChI=1S/C12H25N3O3/c1-9(13)10(12(14,7-16)8-17)6-15-11-4-2-3-5-18-11/h6,9,11,15-17H,2-5,7-8,13-14H2,1H3/b10-6+. The lowest BCUT2D eigenvalue weighted by atomic mass is 9.88. The van der Waals surface area contributed by atoms with Crippen molar-refractivity contribution in [2.24, 2.45) is 11.5 Å². The first kappa shape index (κ1) is 15.4. The molecule has 0 radical (unpaired) electrons. The molecule has 6 heteroatoms. The van der Waals surface area contributed by atoms with Gasteiger partial charge in [0.1, 0.15) is 6.23 Å². The first-order valence-electron chi connectivity index (χ1n) is 6.38. The van der Waals surface area contributed by atoms with Gasteiger partial charge in [0.25, 0.3) is 0 Å². The molecular weight excluding hydrogens is 234 g/mol. The Balaban J connectivity index is 2.71. The van der Waals surface area contributed by atoms with Gasteiger partial charge < -0.3 is 31.7 Å². The summed E-state index contributed by atoms with van der Waals surface area (Å²) in [4.78, 5) is 0. The molecule has 2 atom stereocenters. The van der Waals surface area contributed by atoms with Crippen molar-refractivity contribution in [2.75, 3.05) is 19.8 Å². The predicted molar refractivity (Wildman–Crippen MR) is 69.5 cm³/mol. The SMILES string of the molecule is CC(N)/C(=C\NC1CCCCO1)C(N)(CO)CO. The summed E-state index contributed by atoms with van der Waals surface area (Å²) in [6.45, 7) is 1.79. The number of nitrogens with two attached hydrogens (primary N) is 2. The molecule has 0 aromatic heterocycles. The number of hydrogen-bond acceptors (Lipinski definition) is 6. The third-order valence-corrected chi connectivity index (χ3v) is 3.23. The van der Waals surface area contributed by atoms with Gasteiger partial charge in [0, 0.05) is 18.8 Å². The van der Waals surface area contributed by atoms with Crippen molar-refractivity contribution in [2.45, 2.75) is 44.0 Å². The number of aliphatic hydroxyl groups is 2. The van der Waals surface area contributed by atoms with Crippen LogP contribution >= 0.6 is 0 Å². The summed E-state index contributed by atoms with van der Waals surface area (Å²) in [6, 6.07) is -0.356. The van der Waals surface area contributed by atoms with E-state index in [-0.39, 0.29) is 25.5 Å². The molecule has 1 fully saturated rings. The van der Waals surface area contributed by atoms with Crippen molar-refractivity contribution >= 4 is 0 Å². The lowest BCUT2D eigenvalue weighted by molar-refractivity contribution is 0.00287. The summed E-state index contributed by atoms with van der Waals surface area (Å²) in [7, 11) is 0. The van der Waals surface area contributed by atoms with Crippen LogP contribution in [-0.2, 0) is 4.74 Å². The zero-order valence-electron chi connectivity index (χ0n) is 10.9. The number of ether oxygens (including phenoxy) is 1. The van der Waals surface area contributed by atoms with E-state index in [2.05, 4.69) is 5.32 Å². The largest absolute Gasteiger partial charge is 0.394 e. The van der Waals surface area contributed by atoms with Crippen molar-refractivity contribution in [3.63, 3.8) is 0 Å². The zero-order chi connectivity index (χ0) is 13.6. The van der Waals surface area contributed by atoms with E-state index in [9.17, 15) is 10.2 Å². The van der Waals surface area contributed by atoms with Crippen LogP contribution in [0.4, 0.5) is 0 Å². The van der Waals surface area contributed by atoms with Crippen molar-refractivity contribution in [3.8, 4) is 0 Å². The normalized spacial score (nSPS) is 23.8. The second-order valence-corrected chi connectivity index (χ2v) is 4.88. The first-order valence-corrected chi connectivity index (χ1v) is 6.38. The van der Waals surface area contributed by atoms with E-state index < -0.39 is 5.54 Å². The van der Waals surface area contributed by atoms with Gasteiger partial charge in [-0.3, -0.25) is 0 Å². The Morgan fingerprint density at radius 2 is 2.17 bits per heavy atom. The van der Waals surface area contributed by atoms with Crippen LogP contribution < -0.4 is 16.8 Å². The van der Waals surface area contributed by atoms with Crippen LogP contribution in [0.25, 0.3) is 0 Å². The monoisotopic (exact) mass is 259 g/mol. The minimum absolute atomic E-state index is 0.0471. The highest BCUT2D eigenvalue weighted by Gasteiger charge is 2.30. The maximum atomic E-state index is 9.30. The summed E-state index contributed by atoms with van der Waals surface area (Å²) in [6.07, 6.45) is 4.75. The molecule has 0 saturated carbocycles. The fraction of sp³-hybridized carbons (Fsp3) is 0.833. The summed E-state index contributed by atoms with van der Waals surface area (Å²) >= 11 is 0. The van der Waals surface area contributed by atoms with Crippen LogP contribution in [0.2, 0.25) is 0 Å². The molecule has 0 bridgehead atoms. The van der Waals surface area contributed by atoms with E-state index in [1.54, 1.807) is 13.1 Å². The molecule has 0 aliphatic carbocycles. The Morgan fingerprint density at radius 1 is 1.50 bits per heavy atom. The van der Waals surface area contributed by atoms with E-state index in [1.807, 2.05) is 0 Å². The van der Waals surface area contributed by atoms with Gasteiger partial charge in [-0.05, 0) is 31.8 Å². The summed E-state index contributed by atoms with van der Waals surface area (Å²) in [5.74, 6) is 0. The minimum Gasteiger partial charge on any atom is -0.394 e. The van der Waals surface area contributed by atoms with E-state index in [0.717, 1.165) is 25.9 Å². The summed E-state index contributed by atoms with van der Waals surface area (Å²) in [5, 5.41) is 21.7. The molecule has 0 aromatic rings. The van der Waals surface area contributed by atoms with Crippen LogP contribution in [0.15, 0.2) is 11.8 Å². The Kier molecular flexibility index (Phi) is 6.04. The van der Waals surface area contributed by atoms with Crippen LogP contribution in [0.3, 0.4) is 0 Å². The van der Waals surface area contributed by atoms with Gasteiger partial charge in [0.2, 0.25) is 0 Å². The average Bonchev–Trinajstić information content (AvgIpc) is 2.39. The fourth-order valence-corrected chi connectivity index (χ4v) is 2.02. The molecule has 1 aliphatic rings. The predicted octanol–water partition coefficient (Wildman–Crippen LogP) is -0.984. The number of hydrogen-bond donors (Lipinski definition) is 5. The summed E-state index contributed by atoms with van der Waals surface area (Å²) < 4.78 is 5.53. The quantitative estimate of drug-likeness (QED) is 0.419. The van der Waals surface area contributed by atoms with Gasteiger partial charge in [-0.2, -0.15) is 0 Å². The Morgan fingerprint density at radius 3 is 2.61 bits per heavy atom. The molecule has 1 rings (SSSR count). The highest BCUT2D eigenvalue weighted by atomic mass is 16.5. The van der Waals surface area contributed by atoms with E-state index in [0.29, 0.717) is 5.57 Å². The fourth-order valence-electron chi connectivity index (χ4n) is 2.02. The topological polar surface area (TPSA) is 114 Å². The van der Waals surface area contributed by atoms with E-state index in [1.165, 1.54) is 0 Å². The van der Waals surface area contributed by atoms with Crippen LogP contribution in [0, 0.1) is 0 Å². The second-order valence-electron chi connectivity index (χ2n) is 4.88.